The Bertz CT molecular complexity index is 1620. The summed E-state index contributed by atoms with van der Waals surface area (Å²) in [5.41, 5.74) is 0. The number of phosphoric acid groups is 2. The molecular weight excluding hydrogens is 1090 g/mol. The summed E-state index contributed by atoms with van der Waals surface area (Å²) >= 11 is 0. The van der Waals surface area contributed by atoms with Gasteiger partial charge in [-0.05, 0) is 37.5 Å². The van der Waals surface area contributed by atoms with Crippen molar-refractivity contribution in [2.24, 2.45) is 11.8 Å². The Labute approximate surface area is 498 Å². The molecule has 0 aromatic rings. The second-order valence-electron chi connectivity index (χ2n) is 23.3. The number of esters is 4. The summed E-state index contributed by atoms with van der Waals surface area (Å²) in [5, 5.41) is 10.5. The van der Waals surface area contributed by atoms with Crippen molar-refractivity contribution in [2.75, 3.05) is 39.6 Å². The lowest BCUT2D eigenvalue weighted by Gasteiger charge is -2.21. The zero-order chi connectivity index (χ0) is 60.8. The van der Waals surface area contributed by atoms with E-state index in [0.717, 1.165) is 108 Å². The van der Waals surface area contributed by atoms with Gasteiger partial charge >= 0.3 is 39.5 Å². The zero-order valence-electron chi connectivity index (χ0n) is 52.8. The van der Waals surface area contributed by atoms with Crippen LogP contribution in [-0.4, -0.2) is 96.7 Å². The fourth-order valence-corrected chi connectivity index (χ4v) is 10.9. The summed E-state index contributed by atoms with van der Waals surface area (Å²) in [4.78, 5) is 72.1. The van der Waals surface area contributed by atoms with E-state index in [0.29, 0.717) is 25.7 Å². The van der Waals surface area contributed by atoms with Gasteiger partial charge in [0.25, 0.3) is 0 Å². The number of hydrogen-bond donors (Lipinski definition) is 3. The van der Waals surface area contributed by atoms with Gasteiger partial charge in [-0.25, -0.2) is 9.13 Å². The lowest BCUT2D eigenvalue weighted by Crippen LogP contribution is -2.30. The van der Waals surface area contributed by atoms with Crippen LogP contribution in [0.5, 0.6) is 0 Å². The van der Waals surface area contributed by atoms with Crippen LogP contribution in [0.15, 0.2) is 0 Å². The van der Waals surface area contributed by atoms with E-state index in [4.69, 9.17) is 37.0 Å². The molecule has 0 aromatic heterocycles. The van der Waals surface area contributed by atoms with Crippen molar-refractivity contribution in [3.63, 3.8) is 0 Å². The molecule has 0 spiro atoms. The smallest absolute Gasteiger partial charge is 0.462 e. The molecule has 82 heavy (non-hydrogen) atoms. The van der Waals surface area contributed by atoms with Crippen LogP contribution in [0.2, 0.25) is 0 Å². The zero-order valence-corrected chi connectivity index (χ0v) is 54.6. The normalized spacial score (nSPS) is 15.0. The average Bonchev–Trinajstić information content (AvgIpc) is 3.45. The van der Waals surface area contributed by atoms with Gasteiger partial charge < -0.3 is 33.8 Å². The summed E-state index contributed by atoms with van der Waals surface area (Å²) in [7, 11) is -9.88. The standard InChI is InChI=1S/C63H122O17P2/c1-7-11-13-15-17-21-26-33-39-45-60(65)73-51-58(79-62(67)47-41-35-27-22-18-16-14-12-8-2)53-77-81(69,70)75-49-57(64)50-76-82(71,72)78-54-59(52-74-61(66)46-40-34-30-29-32-38-44-56(6)10-4)80-63(68)48-42-36-28-24-20-19-23-25-31-37-43-55(5)9-3/h55-59,64H,7-54H2,1-6H3,(H,69,70)(H,71,72)/t55?,56?,57-,58+,59+/m0/s1. The second-order valence-corrected chi connectivity index (χ2v) is 26.2. The van der Waals surface area contributed by atoms with E-state index < -0.39 is 97.5 Å². The first kappa shape index (κ1) is 80.1. The Morgan fingerprint density at radius 3 is 0.866 bits per heavy atom. The van der Waals surface area contributed by atoms with E-state index in [1.807, 2.05) is 0 Å². The maximum absolute atomic E-state index is 13.0. The van der Waals surface area contributed by atoms with Gasteiger partial charge in [0.2, 0.25) is 0 Å². The Hall–Kier alpha value is -1.94. The number of hydrogen-bond acceptors (Lipinski definition) is 15. The van der Waals surface area contributed by atoms with Crippen molar-refractivity contribution in [1.82, 2.24) is 0 Å². The highest BCUT2D eigenvalue weighted by molar-refractivity contribution is 7.47. The third-order valence-electron chi connectivity index (χ3n) is 15.2. The first-order chi connectivity index (χ1) is 39.4. The lowest BCUT2D eigenvalue weighted by molar-refractivity contribution is -0.161. The van der Waals surface area contributed by atoms with Crippen molar-refractivity contribution >= 4 is 39.5 Å². The highest BCUT2D eigenvalue weighted by Crippen LogP contribution is 2.45. The fourth-order valence-electron chi connectivity index (χ4n) is 9.29. The SMILES string of the molecule is CCCCCCCCCCCC(=O)OC[C@H](COP(=O)(O)OC[C@H](O)COP(=O)(O)OC[C@@H](COC(=O)CCCCCCCCC(C)CC)OC(=O)CCCCCCCCCCCCC(C)CC)OC(=O)CCCCCCCCCCC. The summed E-state index contributed by atoms with van der Waals surface area (Å²) in [6.07, 6.45) is 37.5. The molecule has 0 aliphatic heterocycles. The molecule has 7 atom stereocenters. The summed E-state index contributed by atoms with van der Waals surface area (Å²) in [6, 6.07) is 0. The number of carbonyl (C=O) groups is 4. The molecule has 3 N–H and O–H groups in total. The largest absolute Gasteiger partial charge is 0.472 e. The van der Waals surface area contributed by atoms with Crippen LogP contribution in [-0.2, 0) is 65.4 Å². The second kappa shape index (κ2) is 55.6. The first-order valence-corrected chi connectivity index (χ1v) is 36.1. The first-order valence-electron chi connectivity index (χ1n) is 33.1. The lowest BCUT2D eigenvalue weighted by atomic mass is 9.99. The molecule has 0 amide bonds. The molecule has 17 nitrogen and oxygen atoms in total. The topological polar surface area (TPSA) is 237 Å². The predicted octanol–water partition coefficient (Wildman–Crippen LogP) is 17.3. The van der Waals surface area contributed by atoms with Crippen LogP contribution in [0.4, 0.5) is 0 Å². The molecule has 0 aliphatic rings. The van der Waals surface area contributed by atoms with Crippen LogP contribution in [0.1, 0.15) is 311 Å². The number of aliphatic hydroxyl groups excluding tert-OH is 1. The predicted molar refractivity (Wildman–Crippen MR) is 326 cm³/mol. The van der Waals surface area contributed by atoms with Crippen molar-refractivity contribution < 1.29 is 80.2 Å². The number of carbonyl (C=O) groups excluding carboxylic acids is 4. The van der Waals surface area contributed by atoms with Gasteiger partial charge in [-0.2, -0.15) is 0 Å². The van der Waals surface area contributed by atoms with Crippen LogP contribution >= 0.6 is 15.6 Å². The van der Waals surface area contributed by atoms with E-state index in [1.54, 1.807) is 0 Å². The Morgan fingerprint density at radius 1 is 0.341 bits per heavy atom. The number of rotatable bonds is 62. The summed E-state index contributed by atoms with van der Waals surface area (Å²) in [6.45, 7) is 9.44. The molecule has 0 radical (unpaired) electrons. The molecular formula is C63H122O17P2. The van der Waals surface area contributed by atoms with E-state index in [2.05, 4.69) is 41.5 Å². The van der Waals surface area contributed by atoms with Crippen LogP contribution in [0, 0.1) is 11.8 Å². The van der Waals surface area contributed by atoms with E-state index in [-0.39, 0.29) is 25.7 Å². The Morgan fingerprint density at radius 2 is 0.585 bits per heavy atom. The van der Waals surface area contributed by atoms with E-state index >= 15 is 0 Å². The molecule has 0 bridgehead atoms. The van der Waals surface area contributed by atoms with E-state index in [1.165, 1.54) is 122 Å². The number of aliphatic hydroxyl groups is 1. The number of ether oxygens (including phenoxy) is 4. The molecule has 4 unspecified atom stereocenters. The monoisotopic (exact) mass is 1210 g/mol. The summed E-state index contributed by atoms with van der Waals surface area (Å²) < 4.78 is 67.9. The van der Waals surface area contributed by atoms with Crippen LogP contribution in [0.3, 0.4) is 0 Å². The average molecular weight is 1210 g/mol. The van der Waals surface area contributed by atoms with Gasteiger partial charge in [-0.1, -0.05) is 260 Å². The van der Waals surface area contributed by atoms with Crippen LogP contribution in [0.25, 0.3) is 0 Å². The molecule has 19 heteroatoms. The van der Waals surface area contributed by atoms with Gasteiger partial charge in [0.15, 0.2) is 12.2 Å². The van der Waals surface area contributed by atoms with Crippen molar-refractivity contribution in [3.05, 3.63) is 0 Å². The molecule has 0 heterocycles. The highest BCUT2D eigenvalue weighted by Gasteiger charge is 2.30. The maximum atomic E-state index is 13.0. The molecule has 0 fully saturated rings. The fraction of sp³-hybridized carbons (Fsp3) is 0.937. The van der Waals surface area contributed by atoms with Gasteiger partial charge in [-0.15, -0.1) is 0 Å². The van der Waals surface area contributed by atoms with Gasteiger partial charge in [0.1, 0.15) is 19.3 Å². The van der Waals surface area contributed by atoms with Crippen LogP contribution < -0.4 is 0 Å². The Kier molecular flexibility index (Phi) is 54.3. The molecule has 0 saturated carbocycles. The van der Waals surface area contributed by atoms with Crippen molar-refractivity contribution in [2.45, 2.75) is 330 Å². The number of phosphoric ester groups is 2. The minimum Gasteiger partial charge on any atom is -0.462 e. The van der Waals surface area contributed by atoms with Crippen molar-refractivity contribution in [1.29, 1.82) is 0 Å². The molecule has 486 valence electrons. The molecule has 0 aromatic carbocycles. The van der Waals surface area contributed by atoms with Gasteiger partial charge in [0, 0.05) is 25.7 Å². The van der Waals surface area contributed by atoms with Gasteiger partial charge in [-0.3, -0.25) is 37.3 Å². The third kappa shape index (κ3) is 54.7. The van der Waals surface area contributed by atoms with E-state index in [9.17, 15) is 43.2 Å². The molecule has 0 saturated heterocycles. The minimum atomic E-state index is -4.94. The van der Waals surface area contributed by atoms with Gasteiger partial charge in [0.05, 0.1) is 26.4 Å². The third-order valence-corrected chi connectivity index (χ3v) is 17.1. The maximum Gasteiger partial charge on any atom is 0.472 e. The number of unbranched alkanes of at least 4 members (excludes halogenated alkanes) is 30. The highest BCUT2D eigenvalue weighted by atomic mass is 31.2. The quantitative estimate of drug-likeness (QED) is 0.0222. The minimum absolute atomic E-state index is 0.105. The Balaban J connectivity index is 5.23. The molecule has 0 rings (SSSR count). The van der Waals surface area contributed by atoms with Crippen molar-refractivity contribution in [3.8, 4) is 0 Å². The molecule has 0 aliphatic carbocycles. The summed E-state index contributed by atoms with van der Waals surface area (Å²) in [5.74, 6) is -0.604.